The van der Waals surface area contributed by atoms with Crippen LogP contribution in [0.1, 0.15) is 31.7 Å². The second kappa shape index (κ2) is 11.0. The van der Waals surface area contributed by atoms with Gasteiger partial charge >= 0.3 is 5.69 Å². The number of piperidine rings is 1. The van der Waals surface area contributed by atoms with Crippen molar-refractivity contribution < 1.29 is 14.4 Å². The van der Waals surface area contributed by atoms with E-state index in [4.69, 9.17) is 21.1 Å². The van der Waals surface area contributed by atoms with E-state index in [9.17, 15) is 10.1 Å². The lowest BCUT2D eigenvalue weighted by atomic mass is 9.93. The zero-order valence-corrected chi connectivity index (χ0v) is 20.1. The zero-order chi connectivity index (χ0) is 24.0. The molecule has 4 rings (SSSR count). The molecular weight excluding hydrogens is 456 g/mol. The van der Waals surface area contributed by atoms with Gasteiger partial charge in [0, 0.05) is 48.9 Å². The minimum atomic E-state index is -0.479. The van der Waals surface area contributed by atoms with Crippen LogP contribution in [0.3, 0.4) is 0 Å². The minimum Gasteiger partial charge on any atom is -0.482 e. The van der Waals surface area contributed by atoms with Gasteiger partial charge in [-0.1, -0.05) is 23.7 Å². The molecule has 2 aliphatic heterocycles. The number of hydrogen-bond acceptors (Lipinski definition) is 7. The van der Waals surface area contributed by atoms with Crippen molar-refractivity contribution in [3.8, 4) is 5.75 Å². The van der Waals surface area contributed by atoms with Crippen LogP contribution in [0.4, 0.5) is 11.4 Å². The molecule has 34 heavy (non-hydrogen) atoms. The highest BCUT2D eigenvalue weighted by Crippen LogP contribution is 2.34. The van der Waals surface area contributed by atoms with Crippen LogP contribution in [-0.4, -0.2) is 36.9 Å². The fourth-order valence-electron chi connectivity index (χ4n) is 4.27. The standard InChI is InChI=1S/C25H31ClN4O4/c1-25(27-11-12-28-25)18-34-24-7-6-22(16-23(24)30(31)32)29-13-8-19(9-14-29)10-15-33-17-20-2-4-21(26)5-3-20/h2-7,11-12,16,19,27-28H,8-10,13-15,17-18H2,1H3. The van der Waals surface area contributed by atoms with Crippen LogP contribution in [0.5, 0.6) is 5.75 Å². The van der Waals surface area contributed by atoms with Crippen LogP contribution in [0.25, 0.3) is 0 Å². The van der Waals surface area contributed by atoms with Gasteiger partial charge in [0.25, 0.3) is 0 Å². The van der Waals surface area contributed by atoms with Crippen LogP contribution < -0.4 is 20.3 Å². The predicted molar refractivity (Wildman–Crippen MR) is 133 cm³/mol. The summed E-state index contributed by atoms with van der Waals surface area (Å²) in [5.41, 5.74) is 1.49. The summed E-state index contributed by atoms with van der Waals surface area (Å²) in [6, 6.07) is 13.0. The van der Waals surface area contributed by atoms with E-state index < -0.39 is 5.66 Å². The molecule has 0 saturated carbocycles. The highest BCUT2D eigenvalue weighted by Gasteiger charge is 2.28. The molecule has 2 aromatic rings. The Balaban J connectivity index is 1.24. The molecule has 8 nitrogen and oxygen atoms in total. The second-order valence-electron chi connectivity index (χ2n) is 9.05. The van der Waals surface area contributed by atoms with Crippen molar-refractivity contribution in [1.29, 1.82) is 0 Å². The van der Waals surface area contributed by atoms with Crippen molar-refractivity contribution in [1.82, 2.24) is 10.6 Å². The number of hydrogen-bond donors (Lipinski definition) is 2. The molecule has 0 radical (unpaired) electrons. The number of nitrogens with zero attached hydrogens (tertiary/aromatic N) is 2. The largest absolute Gasteiger partial charge is 0.482 e. The molecule has 2 N–H and O–H groups in total. The maximum Gasteiger partial charge on any atom is 0.312 e. The summed E-state index contributed by atoms with van der Waals surface area (Å²) in [5, 5.41) is 18.7. The molecule has 1 fully saturated rings. The van der Waals surface area contributed by atoms with Crippen molar-refractivity contribution in [2.75, 3.05) is 31.2 Å². The van der Waals surface area contributed by atoms with Gasteiger partial charge in [-0.3, -0.25) is 10.1 Å². The average Bonchev–Trinajstić information content (AvgIpc) is 3.28. The Morgan fingerprint density at radius 1 is 1.15 bits per heavy atom. The molecule has 2 aromatic carbocycles. The number of halogens is 1. The Labute approximate surface area is 205 Å². The third-order valence-corrected chi connectivity index (χ3v) is 6.63. The summed E-state index contributed by atoms with van der Waals surface area (Å²) in [7, 11) is 0. The van der Waals surface area contributed by atoms with Crippen molar-refractivity contribution in [2.24, 2.45) is 5.92 Å². The first-order valence-electron chi connectivity index (χ1n) is 11.6. The highest BCUT2D eigenvalue weighted by molar-refractivity contribution is 6.30. The Morgan fingerprint density at radius 3 is 2.53 bits per heavy atom. The third kappa shape index (κ3) is 6.33. The fraction of sp³-hybridized carbons (Fsp3) is 0.440. The van der Waals surface area contributed by atoms with E-state index in [1.54, 1.807) is 24.5 Å². The van der Waals surface area contributed by atoms with Gasteiger partial charge in [-0.25, -0.2) is 0 Å². The summed E-state index contributed by atoms with van der Waals surface area (Å²) >= 11 is 5.91. The van der Waals surface area contributed by atoms with Crippen molar-refractivity contribution in [3.63, 3.8) is 0 Å². The van der Waals surface area contributed by atoms with Crippen molar-refractivity contribution >= 4 is 23.0 Å². The maximum absolute atomic E-state index is 11.7. The summed E-state index contributed by atoms with van der Waals surface area (Å²) < 4.78 is 11.6. The molecular formula is C25H31ClN4O4. The molecule has 0 atom stereocenters. The molecule has 9 heteroatoms. The molecule has 0 bridgehead atoms. The zero-order valence-electron chi connectivity index (χ0n) is 19.3. The Hall–Kier alpha value is -2.97. The summed E-state index contributed by atoms with van der Waals surface area (Å²) in [6.07, 6.45) is 6.68. The van der Waals surface area contributed by atoms with Crippen LogP contribution in [0.2, 0.25) is 5.02 Å². The van der Waals surface area contributed by atoms with Crippen LogP contribution >= 0.6 is 11.6 Å². The number of nitro benzene ring substituents is 1. The Morgan fingerprint density at radius 2 is 1.85 bits per heavy atom. The van der Waals surface area contributed by atoms with E-state index in [2.05, 4.69) is 15.5 Å². The third-order valence-electron chi connectivity index (χ3n) is 6.37. The lowest BCUT2D eigenvalue weighted by molar-refractivity contribution is -0.385. The number of benzene rings is 2. The van der Waals surface area contributed by atoms with Gasteiger partial charge in [-0.05, 0) is 61.9 Å². The molecule has 0 amide bonds. The molecule has 2 heterocycles. The molecule has 2 aliphatic rings. The van der Waals surface area contributed by atoms with Crippen LogP contribution in [0.15, 0.2) is 54.9 Å². The number of nitro groups is 1. The van der Waals surface area contributed by atoms with Gasteiger partial charge in [-0.2, -0.15) is 0 Å². The SMILES string of the molecule is CC1(COc2ccc(N3CCC(CCOCc4ccc(Cl)cc4)CC3)cc2[N+](=O)[O-])NC=CN1. The number of ether oxygens (including phenoxy) is 2. The van der Waals surface area contributed by atoms with E-state index in [1.807, 2.05) is 37.3 Å². The lowest BCUT2D eigenvalue weighted by Gasteiger charge is -2.33. The Kier molecular flexibility index (Phi) is 7.80. The van der Waals surface area contributed by atoms with Crippen molar-refractivity contribution in [2.45, 2.75) is 38.5 Å². The molecule has 0 spiro atoms. The minimum absolute atomic E-state index is 0.00946. The smallest absolute Gasteiger partial charge is 0.312 e. The molecule has 1 saturated heterocycles. The normalized spacial score (nSPS) is 17.3. The van der Waals surface area contributed by atoms with Gasteiger partial charge in [0.05, 0.1) is 11.5 Å². The van der Waals surface area contributed by atoms with E-state index in [0.29, 0.717) is 12.5 Å². The highest BCUT2D eigenvalue weighted by atomic mass is 35.5. The first-order valence-corrected chi connectivity index (χ1v) is 12.0. The van der Waals surface area contributed by atoms with Gasteiger partial charge in [0.1, 0.15) is 12.3 Å². The topological polar surface area (TPSA) is 88.9 Å². The maximum atomic E-state index is 11.7. The summed E-state index contributed by atoms with van der Waals surface area (Å²) in [4.78, 5) is 13.5. The fourth-order valence-corrected chi connectivity index (χ4v) is 4.39. The van der Waals surface area contributed by atoms with E-state index >= 15 is 0 Å². The first kappa shape index (κ1) is 24.2. The first-order chi connectivity index (χ1) is 16.4. The van der Waals surface area contributed by atoms with E-state index in [0.717, 1.165) is 55.2 Å². The second-order valence-corrected chi connectivity index (χ2v) is 9.49. The van der Waals surface area contributed by atoms with Crippen LogP contribution in [0, 0.1) is 16.0 Å². The van der Waals surface area contributed by atoms with Crippen LogP contribution in [-0.2, 0) is 11.3 Å². The number of nitrogens with one attached hydrogen (secondary N) is 2. The summed E-state index contributed by atoms with van der Waals surface area (Å²) in [5.74, 6) is 0.873. The quantitative estimate of drug-likeness (QED) is 0.282. The van der Waals surface area contributed by atoms with Gasteiger partial charge in [0.2, 0.25) is 0 Å². The van der Waals surface area contributed by atoms with E-state index in [-0.39, 0.29) is 23.0 Å². The monoisotopic (exact) mass is 486 g/mol. The number of anilines is 1. The van der Waals surface area contributed by atoms with Gasteiger partial charge in [-0.15, -0.1) is 0 Å². The molecule has 182 valence electrons. The molecule has 0 unspecified atom stereocenters. The van der Waals surface area contributed by atoms with Crippen molar-refractivity contribution in [3.05, 3.63) is 75.6 Å². The number of rotatable bonds is 10. The summed E-state index contributed by atoms with van der Waals surface area (Å²) in [6.45, 7) is 5.25. The predicted octanol–water partition coefficient (Wildman–Crippen LogP) is 4.83. The van der Waals surface area contributed by atoms with Gasteiger partial charge in [0.15, 0.2) is 5.75 Å². The molecule has 0 aliphatic carbocycles. The average molecular weight is 487 g/mol. The lowest BCUT2D eigenvalue weighted by Crippen LogP contribution is -2.50. The molecule has 0 aromatic heterocycles. The van der Waals surface area contributed by atoms with Gasteiger partial charge < -0.3 is 25.0 Å². The Bertz CT molecular complexity index is 998. The van der Waals surface area contributed by atoms with E-state index in [1.165, 1.54) is 0 Å².